The van der Waals surface area contributed by atoms with Gasteiger partial charge in [0.2, 0.25) is 0 Å². The highest BCUT2D eigenvalue weighted by atomic mass is 16.6. The first-order valence-corrected chi connectivity index (χ1v) is 12.9. The molecule has 0 aromatic heterocycles. The van der Waals surface area contributed by atoms with E-state index < -0.39 is 17.6 Å². The van der Waals surface area contributed by atoms with Crippen LogP contribution in [0.15, 0.2) is 29.0 Å². The lowest BCUT2D eigenvalue weighted by molar-refractivity contribution is -0.150. The summed E-state index contributed by atoms with van der Waals surface area (Å²) in [7, 11) is 0. The van der Waals surface area contributed by atoms with Gasteiger partial charge in [0.25, 0.3) is 5.91 Å². The van der Waals surface area contributed by atoms with Gasteiger partial charge < -0.3 is 20.0 Å². The van der Waals surface area contributed by atoms with Crippen molar-refractivity contribution in [3.63, 3.8) is 0 Å². The summed E-state index contributed by atoms with van der Waals surface area (Å²) in [6.07, 6.45) is 14.0. The van der Waals surface area contributed by atoms with Gasteiger partial charge in [-0.1, -0.05) is 30.7 Å². The number of fused-ring (bicyclic) bond motifs is 5. The molecular weight excluding hydrogens is 432 g/mol. The lowest BCUT2D eigenvalue weighted by Crippen LogP contribution is -2.53. The van der Waals surface area contributed by atoms with Gasteiger partial charge in [-0.2, -0.15) is 0 Å². The zero-order valence-corrected chi connectivity index (χ0v) is 20.6. The number of allylic oxidation sites excluding steroid dienone is 4. The molecule has 2 N–H and O–H groups in total. The zero-order chi connectivity index (χ0) is 24.3. The van der Waals surface area contributed by atoms with Crippen molar-refractivity contribution in [2.75, 3.05) is 13.2 Å². The van der Waals surface area contributed by atoms with Crippen molar-refractivity contribution in [3.8, 4) is 0 Å². The Labute approximate surface area is 201 Å². The topological polar surface area (TPSA) is 99.4 Å². The van der Waals surface area contributed by atoms with E-state index in [-0.39, 0.29) is 23.3 Å². The second-order valence-electron chi connectivity index (χ2n) is 11.8. The van der Waals surface area contributed by atoms with Crippen LogP contribution in [0.2, 0.25) is 0 Å². The molecule has 7 heteroatoms. The lowest BCUT2D eigenvalue weighted by atomic mass is 9.47. The molecule has 1 amide bonds. The predicted octanol–water partition coefficient (Wildman–Crippen LogP) is 3.92. The van der Waals surface area contributed by atoms with Crippen LogP contribution in [-0.2, 0) is 14.4 Å². The molecule has 1 heterocycles. The molecule has 4 unspecified atom stereocenters. The van der Waals surface area contributed by atoms with Crippen LogP contribution in [0.3, 0.4) is 0 Å². The van der Waals surface area contributed by atoms with E-state index in [4.69, 9.17) is 4.84 Å². The fraction of sp³-hybridized carbons (Fsp3) is 0.741. The normalized spacial score (nSPS) is 44.3. The Kier molecular flexibility index (Phi) is 5.70. The third-order valence-electron chi connectivity index (χ3n) is 10.3. The van der Waals surface area contributed by atoms with Crippen molar-refractivity contribution >= 4 is 17.6 Å². The minimum Gasteiger partial charge on any atom is -0.480 e. The molecule has 3 saturated carbocycles. The molecule has 0 aromatic rings. The molecule has 34 heavy (non-hydrogen) atoms. The quantitative estimate of drug-likeness (QED) is 0.607. The van der Waals surface area contributed by atoms with Crippen molar-refractivity contribution in [1.82, 2.24) is 4.90 Å². The molecule has 0 aromatic carbocycles. The Morgan fingerprint density at radius 3 is 2.68 bits per heavy atom. The largest absolute Gasteiger partial charge is 0.480 e. The third-order valence-corrected chi connectivity index (χ3v) is 10.3. The number of carboxylic acid groups (broad SMARTS) is 1. The van der Waals surface area contributed by atoms with Crippen LogP contribution in [0.4, 0.5) is 0 Å². The maximum atomic E-state index is 12.4. The number of aliphatic hydroxyl groups is 1. The number of oxime groups is 1. The lowest BCUT2D eigenvalue weighted by Gasteiger charge is -2.58. The van der Waals surface area contributed by atoms with Gasteiger partial charge in [-0.05, 0) is 93.6 Å². The van der Waals surface area contributed by atoms with Gasteiger partial charge in [0.15, 0.2) is 6.61 Å². The first-order valence-electron chi connectivity index (χ1n) is 12.9. The smallest absolute Gasteiger partial charge is 0.326 e. The SMILES string of the molecule is C[C@]12C=C/C(=N\OCC(=O)N3CCCC3C(=O)O)C=C1CCC1C2CC[C@@]2(C)C1CC[C@]2(C)O. The zero-order valence-electron chi connectivity index (χ0n) is 20.6. The Bertz CT molecular complexity index is 968. The van der Waals surface area contributed by atoms with E-state index in [1.807, 2.05) is 13.0 Å². The van der Waals surface area contributed by atoms with E-state index in [2.05, 4.69) is 31.2 Å². The number of hydrogen-bond acceptors (Lipinski definition) is 5. The first kappa shape index (κ1) is 23.6. The fourth-order valence-corrected chi connectivity index (χ4v) is 8.07. The number of aliphatic carboxylic acids is 1. The number of likely N-dealkylation sites (tertiary alicyclic amines) is 1. The van der Waals surface area contributed by atoms with E-state index in [1.54, 1.807) is 0 Å². The molecule has 0 radical (unpaired) electrons. The summed E-state index contributed by atoms with van der Waals surface area (Å²) < 4.78 is 0. The average molecular weight is 471 g/mol. The molecule has 4 fully saturated rings. The van der Waals surface area contributed by atoms with Gasteiger partial charge in [-0.3, -0.25) is 4.79 Å². The molecule has 7 atom stereocenters. The highest BCUT2D eigenvalue weighted by Gasteiger charge is 2.62. The molecular formula is C27H38N2O5. The van der Waals surface area contributed by atoms with Crippen LogP contribution in [0.25, 0.3) is 0 Å². The number of amides is 1. The molecule has 4 aliphatic carbocycles. The summed E-state index contributed by atoms with van der Waals surface area (Å²) in [5.74, 6) is 0.496. The van der Waals surface area contributed by atoms with Crippen LogP contribution in [0.5, 0.6) is 0 Å². The van der Waals surface area contributed by atoms with Crippen molar-refractivity contribution in [2.24, 2.45) is 33.7 Å². The van der Waals surface area contributed by atoms with E-state index in [0.29, 0.717) is 42.9 Å². The van der Waals surface area contributed by atoms with Gasteiger partial charge in [0.1, 0.15) is 11.8 Å². The maximum absolute atomic E-state index is 12.4. The number of rotatable bonds is 4. The molecule has 0 spiro atoms. The van der Waals surface area contributed by atoms with Crippen molar-refractivity contribution < 1.29 is 24.6 Å². The van der Waals surface area contributed by atoms with E-state index in [9.17, 15) is 19.8 Å². The number of carboxylic acids is 1. The second-order valence-corrected chi connectivity index (χ2v) is 11.8. The average Bonchev–Trinajstić information content (AvgIpc) is 3.37. The maximum Gasteiger partial charge on any atom is 0.326 e. The number of nitrogens with zero attached hydrogens (tertiary/aromatic N) is 2. The van der Waals surface area contributed by atoms with Gasteiger partial charge in [-0.15, -0.1) is 0 Å². The van der Waals surface area contributed by atoms with E-state index >= 15 is 0 Å². The van der Waals surface area contributed by atoms with Gasteiger partial charge >= 0.3 is 5.97 Å². The summed E-state index contributed by atoms with van der Waals surface area (Å²) in [5.41, 5.74) is 1.54. The number of carbonyl (C=O) groups is 2. The summed E-state index contributed by atoms with van der Waals surface area (Å²) in [5, 5.41) is 24.6. The van der Waals surface area contributed by atoms with E-state index in [0.717, 1.165) is 38.5 Å². The monoisotopic (exact) mass is 470 g/mol. The van der Waals surface area contributed by atoms with Crippen molar-refractivity contribution in [3.05, 3.63) is 23.8 Å². The number of carbonyl (C=O) groups excluding carboxylic acids is 1. The summed E-state index contributed by atoms with van der Waals surface area (Å²) in [4.78, 5) is 30.5. The minimum absolute atomic E-state index is 0.00219. The Morgan fingerprint density at radius 1 is 1.15 bits per heavy atom. The molecule has 186 valence electrons. The van der Waals surface area contributed by atoms with Gasteiger partial charge in [0, 0.05) is 12.0 Å². The Morgan fingerprint density at radius 2 is 1.91 bits per heavy atom. The molecule has 7 nitrogen and oxygen atoms in total. The van der Waals surface area contributed by atoms with Crippen molar-refractivity contribution in [2.45, 2.75) is 83.8 Å². The van der Waals surface area contributed by atoms with Crippen LogP contribution in [0, 0.1) is 28.6 Å². The Hall–Kier alpha value is -2.15. The molecule has 1 saturated heterocycles. The molecule has 0 bridgehead atoms. The summed E-state index contributed by atoms with van der Waals surface area (Å²) >= 11 is 0. The van der Waals surface area contributed by atoms with Crippen LogP contribution in [0.1, 0.15) is 72.1 Å². The van der Waals surface area contributed by atoms with Gasteiger partial charge in [0.05, 0.1) is 5.60 Å². The predicted molar refractivity (Wildman–Crippen MR) is 128 cm³/mol. The van der Waals surface area contributed by atoms with Gasteiger partial charge in [-0.25, -0.2) is 4.79 Å². The Balaban J connectivity index is 1.25. The first-order chi connectivity index (χ1) is 16.1. The molecule has 5 aliphatic rings. The van der Waals surface area contributed by atoms with E-state index in [1.165, 1.54) is 10.5 Å². The minimum atomic E-state index is -0.962. The summed E-state index contributed by atoms with van der Waals surface area (Å²) in [6, 6.07) is -0.753. The second kappa shape index (κ2) is 8.21. The standard InChI is InChI=1S/C27H38N2O5/c1-25-11-8-18(28-34-16-23(30)29-14-4-5-22(29)24(31)32)15-17(25)6-7-19-20(25)9-12-26(2)21(19)10-13-27(26,3)33/h8,11,15,19-22,33H,4-7,9-10,12-14,16H2,1-3H3,(H,31,32)/b28-18+/t19?,20?,21?,22?,25-,26-,27-/m0/s1. The van der Waals surface area contributed by atoms with Crippen LogP contribution in [-0.4, -0.2) is 57.5 Å². The third kappa shape index (κ3) is 3.53. The fourth-order valence-electron chi connectivity index (χ4n) is 8.07. The summed E-state index contributed by atoms with van der Waals surface area (Å²) in [6.45, 7) is 6.92. The molecule has 5 rings (SSSR count). The number of hydrogen-bond donors (Lipinski definition) is 2. The highest BCUT2D eigenvalue weighted by Crippen LogP contribution is 2.66. The van der Waals surface area contributed by atoms with Crippen molar-refractivity contribution in [1.29, 1.82) is 0 Å². The van der Waals surface area contributed by atoms with Crippen LogP contribution >= 0.6 is 0 Å². The highest BCUT2D eigenvalue weighted by molar-refractivity contribution is 6.05. The molecule has 1 aliphatic heterocycles. The van der Waals surface area contributed by atoms with Crippen LogP contribution < -0.4 is 0 Å².